The van der Waals surface area contributed by atoms with Gasteiger partial charge in [-0.05, 0) is 11.4 Å². The van der Waals surface area contributed by atoms with Crippen LogP contribution in [0.5, 0.6) is 0 Å². The fourth-order valence-corrected chi connectivity index (χ4v) is 2.74. The van der Waals surface area contributed by atoms with Gasteiger partial charge in [0.1, 0.15) is 4.88 Å². The molecule has 0 bridgehead atoms. The van der Waals surface area contributed by atoms with Gasteiger partial charge in [-0.15, -0.1) is 23.7 Å². The molecule has 0 aliphatic carbocycles. The molecule has 7 heteroatoms. The Labute approximate surface area is 115 Å². The summed E-state index contributed by atoms with van der Waals surface area (Å²) < 4.78 is 5.41. The summed E-state index contributed by atoms with van der Waals surface area (Å²) in [4.78, 5) is 14.4. The van der Waals surface area contributed by atoms with Crippen molar-refractivity contribution in [2.24, 2.45) is 5.73 Å². The lowest BCUT2D eigenvalue weighted by Crippen LogP contribution is -2.48. The normalized spacial score (nSPS) is 19.9. The lowest BCUT2D eigenvalue weighted by Gasteiger charge is -2.32. The number of hydrogen-bond acceptors (Lipinski definition) is 4. The number of thiophene rings is 1. The van der Waals surface area contributed by atoms with Crippen molar-refractivity contribution in [2.45, 2.75) is 6.10 Å². The summed E-state index contributed by atoms with van der Waals surface area (Å²) in [5.41, 5.74) is 5.53. The predicted octanol–water partition coefficient (Wildman–Crippen LogP) is 1.62. The van der Waals surface area contributed by atoms with Crippen molar-refractivity contribution in [3.63, 3.8) is 0 Å². The van der Waals surface area contributed by atoms with Gasteiger partial charge in [-0.2, -0.15) is 0 Å². The largest absolute Gasteiger partial charge is 0.373 e. The molecular weight excluding hydrogens is 283 g/mol. The minimum absolute atomic E-state index is 0. The van der Waals surface area contributed by atoms with Crippen molar-refractivity contribution in [3.05, 3.63) is 21.3 Å². The molecule has 1 aromatic heterocycles. The Morgan fingerprint density at radius 2 is 2.47 bits per heavy atom. The van der Waals surface area contributed by atoms with Gasteiger partial charge in [0, 0.05) is 19.6 Å². The highest BCUT2D eigenvalue weighted by atomic mass is 35.5. The Bertz CT molecular complexity index is 386. The van der Waals surface area contributed by atoms with E-state index in [9.17, 15) is 4.79 Å². The maximum Gasteiger partial charge on any atom is 0.265 e. The number of halogens is 2. The monoisotopic (exact) mass is 296 g/mol. The maximum absolute atomic E-state index is 12.1. The van der Waals surface area contributed by atoms with E-state index >= 15 is 0 Å². The number of nitrogens with zero attached hydrogens (tertiary/aromatic N) is 1. The summed E-state index contributed by atoms with van der Waals surface area (Å²) in [6.45, 7) is 2.12. The van der Waals surface area contributed by atoms with Gasteiger partial charge in [-0.1, -0.05) is 11.6 Å². The first kappa shape index (κ1) is 14.7. The molecule has 1 aliphatic heterocycles. The van der Waals surface area contributed by atoms with Crippen LogP contribution in [0.1, 0.15) is 9.67 Å². The van der Waals surface area contributed by atoms with E-state index in [0.29, 0.717) is 36.1 Å². The summed E-state index contributed by atoms with van der Waals surface area (Å²) in [6, 6.07) is 1.74. The van der Waals surface area contributed by atoms with Crippen LogP contribution in [0.15, 0.2) is 11.4 Å². The van der Waals surface area contributed by atoms with Crippen LogP contribution < -0.4 is 5.73 Å². The van der Waals surface area contributed by atoms with Gasteiger partial charge < -0.3 is 15.4 Å². The van der Waals surface area contributed by atoms with Gasteiger partial charge in [-0.3, -0.25) is 4.79 Å². The third-order valence-corrected chi connectivity index (χ3v) is 3.83. The number of ether oxygens (including phenoxy) is 1. The lowest BCUT2D eigenvalue weighted by molar-refractivity contribution is -0.0165. The van der Waals surface area contributed by atoms with Crippen molar-refractivity contribution < 1.29 is 9.53 Å². The first-order valence-electron chi connectivity index (χ1n) is 5.06. The van der Waals surface area contributed by atoms with Crippen molar-refractivity contribution >= 4 is 41.3 Å². The molecule has 2 rings (SSSR count). The molecule has 1 unspecified atom stereocenters. The van der Waals surface area contributed by atoms with Crippen LogP contribution >= 0.6 is 35.3 Å². The van der Waals surface area contributed by atoms with Crippen molar-refractivity contribution in [1.29, 1.82) is 0 Å². The van der Waals surface area contributed by atoms with E-state index in [-0.39, 0.29) is 24.4 Å². The third-order valence-electron chi connectivity index (χ3n) is 2.50. The van der Waals surface area contributed by atoms with E-state index in [2.05, 4.69) is 0 Å². The van der Waals surface area contributed by atoms with Gasteiger partial charge in [0.05, 0.1) is 17.7 Å². The Morgan fingerprint density at radius 1 is 1.71 bits per heavy atom. The number of rotatable bonds is 2. The Hall–Kier alpha value is -0.330. The first-order valence-corrected chi connectivity index (χ1v) is 6.32. The highest BCUT2D eigenvalue weighted by Gasteiger charge is 2.25. The highest BCUT2D eigenvalue weighted by Crippen LogP contribution is 2.24. The third kappa shape index (κ3) is 3.33. The maximum atomic E-state index is 12.1. The molecule has 1 fully saturated rings. The molecule has 0 saturated carbocycles. The van der Waals surface area contributed by atoms with Gasteiger partial charge in [0.15, 0.2) is 0 Å². The van der Waals surface area contributed by atoms with E-state index in [1.54, 1.807) is 11.0 Å². The van der Waals surface area contributed by atoms with Crippen LogP contribution in [-0.2, 0) is 4.74 Å². The Morgan fingerprint density at radius 3 is 3.06 bits per heavy atom. The van der Waals surface area contributed by atoms with Crippen molar-refractivity contribution in [3.8, 4) is 0 Å². The van der Waals surface area contributed by atoms with Gasteiger partial charge >= 0.3 is 0 Å². The zero-order valence-electron chi connectivity index (χ0n) is 9.10. The minimum Gasteiger partial charge on any atom is -0.373 e. The molecule has 0 aromatic carbocycles. The van der Waals surface area contributed by atoms with Gasteiger partial charge in [0.2, 0.25) is 0 Å². The number of hydrogen-bond donors (Lipinski definition) is 1. The summed E-state index contributed by atoms with van der Waals surface area (Å²) >= 11 is 7.30. The van der Waals surface area contributed by atoms with Crippen LogP contribution in [0.2, 0.25) is 5.02 Å². The molecule has 96 valence electrons. The van der Waals surface area contributed by atoms with Crippen LogP contribution in [0, 0.1) is 0 Å². The molecular formula is C10H14Cl2N2O2S. The SMILES string of the molecule is Cl.NCC1CN(C(=O)c2sccc2Cl)CCO1. The minimum atomic E-state index is -0.0589. The van der Waals surface area contributed by atoms with Crippen LogP contribution in [0.3, 0.4) is 0 Å². The zero-order valence-corrected chi connectivity index (χ0v) is 11.5. The molecule has 1 amide bonds. The Balaban J connectivity index is 0.00000144. The molecule has 0 radical (unpaired) electrons. The fourth-order valence-electron chi connectivity index (χ4n) is 1.64. The number of amides is 1. The predicted molar refractivity (Wildman–Crippen MR) is 71.3 cm³/mol. The molecule has 1 saturated heterocycles. The number of morpholine rings is 1. The smallest absolute Gasteiger partial charge is 0.265 e. The van der Waals surface area contributed by atoms with E-state index in [4.69, 9.17) is 22.1 Å². The molecule has 1 atom stereocenters. The second-order valence-electron chi connectivity index (χ2n) is 3.58. The topological polar surface area (TPSA) is 55.6 Å². The fraction of sp³-hybridized carbons (Fsp3) is 0.500. The number of nitrogens with two attached hydrogens (primary N) is 1. The molecule has 0 spiro atoms. The number of carbonyl (C=O) groups excluding carboxylic acids is 1. The Kier molecular flexibility index (Phi) is 5.69. The van der Waals surface area contributed by atoms with E-state index in [1.165, 1.54) is 11.3 Å². The molecule has 4 nitrogen and oxygen atoms in total. The van der Waals surface area contributed by atoms with E-state index < -0.39 is 0 Å². The molecule has 1 aliphatic rings. The second kappa shape index (κ2) is 6.56. The van der Waals surface area contributed by atoms with Crippen LogP contribution in [0.4, 0.5) is 0 Å². The second-order valence-corrected chi connectivity index (χ2v) is 4.90. The van der Waals surface area contributed by atoms with E-state index in [1.807, 2.05) is 5.38 Å². The summed E-state index contributed by atoms with van der Waals surface area (Å²) in [5, 5.41) is 2.34. The molecule has 17 heavy (non-hydrogen) atoms. The standard InChI is InChI=1S/C10H13ClN2O2S.ClH/c11-8-1-4-16-9(8)10(14)13-2-3-15-7(5-12)6-13;/h1,4,7H,2-3,5-6,12H2;1H. The van der Waals surface area contributed by atoms with E-state index in [0.717, 1.165) is 0 Å². The van der Waals surface area contributed by atoms with Gasteiger partial charge in [-0.25, -0.2) is 0 Å². The van der Waals surface area contributed by atoms with Crippen molar-refractivity contribution in [2.75, 3.05) is 26.2 Å². The summed E-state index contributed by atoms with van der Waals surface area (Å²) in [5.74, 6) is -0.0262. The quantitative estimate of drug-likeness (QED) is 0.902. The average Bonchev–Trinajstić information content (AvgIpc) is 2.74. The lowest BCUT2D eigenvalue weighted by atomic mass is 10.2. The van der Waals surface area contributed by atoms with Crippen LogP contribution in [0.25, 0.3) is 0 Å². The summed E-state index contributed by atoms with van der Waals surface area (Å²) in [7, 11) is 0. The molecule has 2 N–H and O–H groups in total. The zero-order chi connectivity index (χ0) is 11.5. The van der Waals surface area contributed by atoms with Gasteiger partial charge in [0.25, 0.3) is 5.91 Å². The molecule has 1 aromatic rings. The summed E-state index contributed by atoms with van der Waals surface area (Å²) in [6.07, 6.45) is -0.0589. The van der Waals surface area contributed by atoms with Crippen molar-refractivity contribution in [1.82, 2.24) is 4.90 Å². The highest BCUT2D eigenvalue weighted by molar-refractivity contribution is 7.12. The van der Waals surface area contributed by atoms with Crippen LogP contribution in [-0.4, -0.2) is 43.2 Å². The molecule has 2 heterocycles. The average molecular weight is 297 g/mol. The number of carbonyl (C=O) groups is 1. The first-order chi connectivity index (χ1) is 7.72.